The smallest absolute Gasteiger partial charge is 0.273 e. The fraction of sp³-hybridized carbons (Fsp3) is 0.286. The van der Waals surface area contributed by atoms with Gasteiger partial charge in [0, 0.05) is 30.9 Å². The minimum Gasteiger partial charge on any atom is -0.378 e. The molecule has 1 N–H and O–H groups in total. The van der Waals surface area contributed by atoms with E-state index in [1.54, 1.807) is 18.2 Å². The molecule has 1 aliphatic heterocycles. The van der Waals surface area contributed by atoms with Crippen LogP contribution in [0.3, 0.4) is 0 Å². The minimum absolute atomic E-state index is 0.200. The molecule has 2 aromatic carbocycles. The third-order valence-electron chi connectivity index (χ3n) is 4.83. The van der Waals surface area contributed by atoms with E-state index in [2.05, 4.69) is 32.7 Å². The Labute approximate surface area is 168 Å². The van der Waals surface area contributed by atoms with Gasteiger partial charge in [0.15, 0.2) is 5.69 Å². The van der Waals surface area contributed by atoms with Crippen LogP contribution in [0, 0.1) is 5.82 Å². The van der Waals surface area contributed by atoms with Crippen LogP contribution >= 0.6 is 0 Å². The molecule has 1 fully saturated rings. The van der Waals surface area contributed by atoms with Crippen molar-refractivity contribution in [1.82, 2.24) is 20.3 Å². The van der Waals surface area contributed by atoms with E-state index in [4.69, 9.17) is 4.74 Å². The number of anilines is 1. The summed E-state index contributed by atoms with van der Waals surface area (Å²) in [6.45, 7) is 3.88. The predicted octanol–water partition coefficient (Wildman–Crippen LogP) is 2.23. The average molecular weight is 395 g/mol. The summed E-state index contributed by atoms with van der Waals surface area (Å²) in [6.07, 6.45) is 1.52. The van der Waals surface area contributed by atoms with Crippen LogP contribution in [0.4, 0.5) is 10.1 Å². The van der Waals surface area contributed by atoms with Crippen LogP contribution in [0.1, 0.15) is 21.6 Å². The zero-order valence-corrected chi connectivity index (χ0v) is 15.9. The highest BCUT2D eigenvalue weighted by molar-refractivity contribution is 5.91. The molecule has 0 spiro atoms. The number of nitrogens with one attached hydrogen (secondary N) is 1. The number of carbonyl (C=O) groups is 1. The maximum Gasteiger partial charge on any atom is 0.273 e. The van der Waals surface area contributed by atoms with E-state index >= 15 is 0 Å². The van der Waals surface area contributed by atoms with Crippen LogP contribution in [0.15, 0.2) is 54.7 Å². The normalized spacial score (nSPS) is 14.0. The number of rotatable bonds is 6. The van der Waals surface area contributed by atoms with Crippen molar-refractivity contribution in [3.8, 4) is 0 Å². The molecule has 29 heavy (non-hydrogen) atoms. The lowest BCUT2D eigenvalue weighted by Crippen LogP contribution is -2.36. The second-order valence-electron chi connectivity index (χ2n) is 6.84. The molecule has 1 aliphatic rings. The topological polar surface area (TPSA) is 72.3 Å². The molecule has 1 aromatic heterocycles. The number of benzene rings is 2. The molecule has 2 heterocycles. The van der Waals surface area contributed by atoms with E-state index in [1.165, 1.54) is 16.9 Å². The van der Waals surface area contributed by atoms with Crippen molar-refractivity contribution in [3.63, 3.8) is 0 Å². The summed E-state index contributed by atoms with van der Waals surface area (Å²) in [5.41, 5.74) is 2.84. The molecule has 8 heteroatoms. The number of aromatic nitrogens is 3. The molecule has 7 nitrogen and oxygen atoms in total. The Morgan fingerprint density at radius 3 is 2.62 bits per heavy atom. The number of amides is 1. The lowest BCUT2D eigenvalue weighted by molar-refractivity contribution is 0.0945. The standard InChI is InChI=1S/C21H22FN5O2/c22-19-4-2-1-3-17(19)14-27-15-20(24-25-27)21(28)23-13-16-5-7-18(8-6-16)26-9-11-29-12-10-26/h1-8,15H,9-14H2,(H,23,28). The van der Waals surface area contributed by atoms with Crippen LogP contribution < -0.4 is 10.2 Å². The predicted molar refractivity (Wildman–Crippen MR) is 106 cm³/mol. The molecule has 0 bridgehead atoms. The maximum absolute atomic E-state index is 13.7. The number of halogens is 1. The molecular formula is C21H22FN5O2. The SMILES string of the molecule is O=C(NCc1ccc(N2CCOCC2)cc1)c1cn(Cc2ccccc2F)nn1. The van der Waals surface area contributed by atoms with Crippen LogP contribution in [0.25, 0.3) is 0 Å². The van der Waals surface area contributed by atoms with E-state index in [0.29, 0.717) is 12.1 Å². The lowest BCUT2D eigenvalue weighted by atomic mass is 10.2. The largest absolute Gasteiger partial charge is 0.378 e. The van der Waals surface area contributed by atoms with Gasteiger partial charge in [0.2, 0.25) is 0 Å². The third kappa shape index (κ3) is 4.78. The Balaban J connectivity index is 1.32. The van der Waals surface area contributed by atoms with E-state index in [9.17, 15) is 9.18 Å². The summed E-state index contributed by atoms with van der Waals surface area (Å²) in [5.74, 6) is -0.628. The van der Waals surface area contributed by atoms with E-state index in [-0.39, 0.29) is 24.0 Å². The first-order valence-electron chi connectivity index (χ1n) is 9.52. The third-order valence-corrected chi connectivity index (χ3v) is 4.83. The van der Waals surface area contributed by atoms with Crippen molar-refractivity contribution in [3.05, 3.63) is 77.4 Å². The monoisotopic (exact) mass is 395 g/mol. The highest BCUT2D eigenvalue weighted by atomic mass is 19.1. The number of hydrogen-bond donors (Lipinski definition) is 1. The van der Waals surface area contributed by atoms with Gasteiger partial charge in [-0.15, -0.1) is 5.10 Å². The summed E-state index contributed by atoms with van der Waals surface area (Å²) >= 11 is 0. The fourth-order valence-electron chi connectivity index (χ4n) is 3.20. The van der Waals surface area contributed by atoms with Gasteiger partial charge in [-0.05, 0) is 23.8 Å². The zero-order chi connectivity index (χ0) is 20.1. The van der Waals surface area contributed by atoms with Crippen molar-refractivity contribution in [2.24, 2.45) is 0 Å². The summed E-state index contributed by atoms with van der Waals surface area (Å²) in [6, 6.07) is 14.6. The van der Waals surface area contributed by atoms with Crippen LogP contribution in [0.5, 0.6) is 0 Å². The summed E-state index contributed by atoms with van der Waals surface area (Å²) in [7, 11) is 0. The summed E-state index contributed by atoms with van der Waals surface area (Å²) in [4.78, 5) is 14.6. The Kier molecular flexibility index (Phi) is 5.81. The second-order valence-corrected chi connectivity index (χ2v) is 6.84. The molecule has 0 radical (unpaired) electrons. The zero-order valence-electron chi connectivity index (χ0n) is 15.9. The van der Waals surface area contributed by atoms with Crippen molar-refractivity contribution >= 4 is 11.6 Å². The van der Waals surface area contributed by atoms with Gasteiger partial charge in [-0.2, -0.15) is 0 Å². The lowest BCUT2D eigenvalue weighted by Gasteiger charge is -2.28. The first-order valence-corrected chi connectivity index (χ1v) is 9.52. The van der Waals surface area contributed by atoms with Crippen LogP contribution in [0.2, 0.25) is 0 Å². The van der Waals surface area contributed by atoms with E-state index < -0.39 is 0 Å². The van der Waals surface area contributed by atoms with Crippen molar-refractivity contribution in [2.45, 2.75) is 13.1 Å². The first-order chi connectivity index (χ1) is 14.2. The maximum atomic E-state index is 13.7. The van der Waals surface area contributed by atoms with Gasteiger partial charge in [-0.25, -0.2) is 9.07 Å². The van der Waals surface area contributed by atoms with Crippen molar-refractivity contribution < 1.29 is 13.9 Å². The van der Waals surface area contributed by atoms with E-state index in [1.807, 2.05) is 12.1 Å². The quantitative estimate of drug-likeness (QED) is 0.693. The van der Waals surface area contributed by atoms with Gasteiger partial charge in [-0.3, -0.25) is 4.79 Å². The highest BCUT2D eigenvalue weighted by Crippen LogP contribution is 2.16. The van der Waals surface area contributed by atoms with Gasteiger partial charge in [0.05, 0.1) is 26.0 Å². The van der Waals surface area contributed by atoms with E-state index in [0.717, 1.165) is 37.6 Å². The number of morpholine rings is 1. The molecule has 4 rings (SSSR count). The average Bonchev–Trinajstić information content (AvgIpc) is 3.23. The van der Waals surface area contributed by atoms with Crippen LogP contribution in [-0.4, -0.2) is 47.2 Å². The van der Waals surface area contributed by atoms with Gasteiger partial charge >= 0.3 is 0 Å². The Hall–Kier alpha value is -3.26. The molecule has 1 amide bonds. The van der Waals surface area contributed by atoms with Gasteiger partial charge in [0.25, 0.3) is 5.91 Å². The van der Waals surface area contributed by atoms with Gasteiger partial charge in [-0.1, -0.05) is 35.5 Å². The molecule has 0 saturated carbocycles. The molecule has 0 aliphatic carbocycles. The Bertz CT molecular complexity index is 967. The summed E-state index contributed by atoms with van der Waals surface area (Å²) in [5, 5.41) is 10.6. The summed E-state index contributed by atoms with van der Waals surface area (Å²) < 4.78 is 20.6. The molecule has 150 valence electrons. The van der Waals surface area contributed by atoms with Crippen LogP contribution in [-0.2, 0) is 17.8 Å². The van der Waals surface area contributed by atoms with Gasteiger partial charge < -0.3 is 15.0 Å². The minimum atomic E-state index is -0.318. The number of carbonyl (C=O) groups excluding carboxylic acids is 1. The van der Waals surface area contributed by atoms with Gasteiger partial charge in [0.1, 0.15) is 5.82 Å². The van der Waals surface area contributed by atoms with Crippen molar-refractivity contribution in [1.29, 1.82) is 0 Å². The molecule has 0 unspecified atom stereocenters. The molecular weight excluding hydrogens is 373 g/mol. The number of hydrogen-bond acceptors (Lipinski definition) is 5. The molecule has 3 aromatic rings. The highest BCUT2D eigenvalue weighted by Gasteiger charge is 2.13. The molecule has 0 atom stereocenters. The second kappa shape index (κ2) is 8.83. The van der Waals surface area contributed by atoms with Crippen molar-refractivity contribution in [2.75, 3.05) is 31.2 Å². The molecule has 1 saturated heterocycles. The fourth-order valence-corrected chi connectivity index (χ4v) is 3.20. The number of nitrogens with zero attached hydrogens (tertiary/aromatic N) is 4. The Morgan fingerprint density at radius 2 is 1.86 bits per heavy atom. The number of ether oxygens (including phenoxy) is 1. The first kappa shape index (κ1) is 19.1. The Morgan fingerprint density at radius 1 is 1.10 bits per heavy atom.